The van der Waals surface area contributed by atoms with Crippen LogP contribution in [0.5, 0.6) is 0 Å². The molecule has 0 saturated carbocycles. The molecule has 3 heteroatoms. The fourth-order valence-electron chi connectivity index (χ4n) is 1.33. The van der Waals surface area contributed by atoms with Crippen molar-refractivity contribution in [1.29, 1.82) is 0 Å². The number of anilines is 1. The zero-order valence-corrected chi connectivity index (χ0v) is 7.93. The minimum atomic E-state index is -0.0278. The Bertz CT molecular complexity index is 370. The van der Waals surface area contributed by atoms with Gasteiger partial charge in [0.25, 0.3) is 5.91 Å². The van der Waals surface area contributed by atoms with Gasteiger partial charge in [-0.3, -0.25) is 9.69 Å². The fourth-order valence-corrected chi connectivity index (χ4v) is 1.33. The van der Waals surface area contributed by atoms with Crippen LogP contribution in [0.2, 0.25) is 0 Å². The van der Waals surface area contributed by atoms with Crippen LogP contribution in [0.25, 0.3) is 0 Å². The van der Waals surface area contributed by atoms with E-state index >= 15 is 0 Å². The van der Waals surface area contributed by atoms with Gasteiger partial charge in [-0.05, 0) is 19.1 Å². The molecule has 0 unspecified atom stereocenters. The summed E-state index contributed by atoms with van der Waals surface area (Å²) in [5, 5.41) is 0. The van der Waals surface area contributed by atoms with Crippen LogP contribution in [0, 0.1) is 0 Å². The maximum Gasteiger partial charge on any atom is 0.257 e. The molecule has 0 atom stereocenters. The van der Waals surface area contributed by atoms with Crippen molar-refractivity contribution in [2.24, 2.45) is 0 Å². The third-order valence-electron chi connectivity index (χ3n) is 2.08. The Balaban J connectivity index is 2.26. The predicted molar refractivity (Wildman–Crippen MR) is 53.6 cm³/mol. The Morgan fingerprint density at radius 3 is 2.64 bits per heavy atom. The number of amides is 1. The molecule has 1 aliphatic rings. The monoisotopic (exact) mass is 189 g/mol. The summed E-state index contributed by atoms with van der Waals surface area (Å²) in [6.45, 7) is 2.07. The van der Waals surface area contributed by atoms with E-state index in [1.807, 2.05) is 30.3 Å². The van der Waals surface area contributed by atoms with E-state index in [-0.39, 0.29) is 5.91 Å². The maximum atomic E-state index is 11.6. The molecule has 0 bridgehead atoms. The second-order valence-corrected chi connectivity index (χ2v) is 3.13. The molecule has 0 saturated heterocycles. The zero-order valence-electron chi connectivity index (χ0n) is 7.93. The van der Waals surface area contributed by atoms with Crippen molar-refractivity contribution in [3.05, 3.63) is 42.2 Å². The highest BCUT2D eigenvalue weighted by molar-refractivity contribution is 6.02. The molecule has 2 rings (SSSR count). The molecule has 3 nitrogen and oxygen atoms in total. The van der Waals surface area contributed by atoms with Gasteiger partial charge in [0, 0.05) is 11.8 Å². The smallest absolute Gasteiger partial charge is 0.257 e. The number of carbonyl (C=O) groups is 1. The quantitative estimate of drug-likeness (QED) is 0.675. The number of benzene rings is 1. The molecular formula is C11H11NO2. The molecule has 72 valence electrons. The minimum Gasteiger partial charge on any atom is -0.477 e. The molecular weight excluding hydrogens is 178 g/mol. The highest BCUT2D eigenvalue weighted by Crippen LogP contribution is 2.17. The molecule has 14 heavy (non-hydrogen) atoms. The summed E-state index contributed by atoms with van der Waals surface area (Å²) in [5.74, 6) is 0.641. The SMILES string of the molecule is CC1=CC(=O)N(c2ccccc2)CO1. The van der Waals surface area contributed by atoms with Crippen molar-refractivity contribution >= 4 is 11.6 Å². The van der Waals surface area contributed by atoms with E-state index in [2.05, 4.69) is 0 Å². The number of carbonyl (C=O) groups excluding carboxylic acids is 1. The van der Waals surface area contributed by atoms with Gasteiger partial charge < -0.3 is 4.74 Å². The van der Waals surface area contributed by atoms with Gasteiger partial charge >= 0.3 is 0 Å². The summed E-state index contributed by atoms with van der Waals surface area (Å²) in [5.41, 5.74) is 0.862. The van der Waals surface area contributed by atoms with Gasteiger partial charge in [-0.25, -0.2) is 0 Å². The van der Waals surface area contributed by atoms with Gasteiger partial charge in [0.1, 0.15) is 5.76 Å². The number of allylic oxidation sites excluding steroid dienone is 1. The van der Waals surface area contributed by atoms with Gasteiger partial charge in [0.15, 0.2) is 6.73 Å². The van der Waals surface area contributed by atoms with Crippen molar-refractivity contribution in [2.75, 3.05) is 11.6 Å². The molecule has 0 N–H and O–H groups in total. The van der Waals surface area contributed by atoms with Crippen LogP contribution >= 0.6 is 0 Å². The number of hydrogen-bond acceptors (Lipinski definition) is 2. The largest absolute Gasteiger partial charge is 0.477 e. The fraction of sp³-hybridized carbons (Fsp3) is 0.182. The van der Waals surface area contributed by atoms with Crippen LogP contribution in [0.4, 0.5) is 5.69 Å². The van der Waals surface area contributed by atoms with Crippen molar-refractivity contribution in [3.63, 3.8) is 0 Å². The normalized spacial score (nSPS) is 16.2. The maximum absolute atomic E-state index is 11.6. The third-order valence-corrected chi connectivity index (χ3v) is 2.08. The summed E-state index contributed by atoms with van der Waals surface area (Å²) in [4.78, 5) is 13.2. The molecule has 1 aliphatic heterocycles. The van der Waals surface area contributed by atoms with Crippen molar-refractivity contribution in [2.45, 2.75) is 6.92 Å². The Morgan fingerprint density at radius 2 is 2.00 bits per heavy atom. The summed E-state index contributed by atoms with van der Waals surface area (Å²) in [6.07, 6.45) is 1.50. The Kier molecular flexibility index (Phi) is 2.23. The lowest BCUT2D eigenvalue weighted by molar-refractivity contribution is -0.116. The molecule has 0 fully saturated rings. The minimum absolute atomic E-state index is 0.0278. The summed E-state index contributed by atoms with van der Waals surface area (Å²) in [6, 6.07) is 9.48. The lowest BCUT2D eigenvalue weighted by atomic mass is 10.3. The van der Waals surface area contributed by atoms with E-state index in [0.717, 1.165) is 5.69 Å². The summed E-state index contributed by atoms with van der Waals surface area (Å²) < 4.78 is 5.28. The molecule has 0 aliphatic carbocycles. The Hall–Kier alpha value is -1.77. The van der Waals surface area contributed by atoms with E-state index < -0.39 is 0 Å². The van der Waals surface area contributed by atoms with Gasteiger partial charge in [0.05, 0.1) is 0 Å². The highest BCUT2D eigenvalue weighted by atomic mass is 16.5. The number of ether oxygens (including phenoxy) is 1. The van der Waals surface area contributed by atoms with E-state index in [4.69, 9.17) is 4.74 Å². The number of nitrogens with zero attached hydrogens (tertiary/aromatic N) is 1. The van der Waals surface area contributed by atoms with E-state index in [0.29, 0.717) is 12.5 Å². The van der Waals surface area contributed by atoms with Crippen molar-refractivity contribution in [1.82, 2.24) is 0 Å². The van der Waals surface area contributed by atoms with E-state index in [9.17, 15) is 4.79 Å². The Labute approximate surface area is 82.6 Å². The first-order valence-electron chi connectivity index (χ1n) is 4.45. The number of hydrogen-bond donors (Lipinski definition) is 0. The second kappa shape index (κ2) is 3.54. The first-order valence-corrected chi connectivity index (χ1v) is 4.45. The van der Waals surface area contributed by atoms with Crippen LogP contribution in [-0.2, 0) is 9.53 Å². The van der Waals surface area contributed by atoms with Crippen LogP contribution in [0.3, 0.4) is 0 Å². The van der Waals surface area contributed by atoms with Crippen molar-refractivity contribution < 1.29 is 9.53 Å². The zero-order chi connectivity index (χ0) is 9.97. The average Bonchev–Trinajstić information content (AvgIpc) is 2.19. The number of rotatable bonds is 1. The molecule has 0 radical (unpaired) electrons. The van der Waals surface area contributed by atoms with E-state index in [1.165, 1.54) is 6.08 Å². The predicted octanol–water partition coefficient (Wildman–Crippen LogP) is 1.91. The van der Waals surface area contributed by atoms with Crippen LogP contribution in [0.1, 0.15) is 6.92 Å². The van der Waals surface area contributed by atoms with E-state index in [1.54, 1.807) is 11.8 Å². The van der Waals surface area contributed by atoms with Gasteiger partial charge in [0.2, 0.25) is 0 Å². The van der Waals surface area contributed by atoms with Crippen LogP contribution in [-0.4, -0.2) is 12.6 Å². The number of para-hydroxylation sites is 1. The molecule has 1 aromatic rings. The molecule has 0 aromatic heterocycles. The topological polar surface area (TPSA) is 29.5 Å². The van der Waals surface area contributed by atoms with Crippen LogP contribution < -0.4 is 4.90 Å². The first-order chi connectivity index (χ1) is 6.77. The Morgan fingerprint density at radius 1 is 1.29 bits per heavy atom. The standard InChI is InChI=1S/C11H11NO2/c1-9-7-11(13)12(8-14-9)10-5-3-2-4-6-10/h2-7H,8H2,1H3. The molecule has 1 amide bonds. The summed E-state index contributed by atoms with van der Waals surface area (Å²) in [7, 11) is 0. The average molecular weight is 189 g/mol. The molecule has 1 heterocycles. The summed E-state index contributed by atoms with van der Waals surface area (Å²) >= 11 is 0. The lowest BCUT2D eigenvalue weighted by Crippen LogP contribution is -2.34. The molecule has 0 spiro atoms. The lowest BCUT2D eigenvalue weighted by Gasteiger charge is -2.25. The molecule has 1 aromatic carbocycles. The van der Waals surface area contributed by atoms with Crippen LogP contribution in [0.15, 0.2) is 42.2 Å². The first kappa shape index (κ1) is 8.81. The second-order valence-electron chi connectivity index (χ2n) is 3.13. The van der Waals surface area contributed by atoms with Gasteiger partial charge in [-0.15, -0.1) is 0 Å². The van der Waals surface area contributed by atoms with Gasteiger partial charge in [-0.2, -0.15) is 0 Å². The van der Waals surface area contributed by atoms with Crippen molar-refractivity contribution in [3.8, 4) is 0 Å². The third kappa shape index (κ3) is 1.62. The van der Waals surface area contributed by atoms with Gasteiger partial charge in [-0.1, -0.05) is 18.2 Å². The highest BCUT2D eigenvalue weighted by Gasteiger charge is 2.18.